The zero-order chi connectivity index (χ0) is 12.5. The van der Waals surface area contributed by atoms with Gasteiger partial charge in [0.15, 0.2) is 0 Å². The zero-order valence-corrected chi connectivity index (χ0v) is 9.65. The number of aromatic nitrogens is 2. The summed E-state index contributed by atoms with van der Waals surface area (Å²) in [7, 11) is 0. The van der Waals surface area contributed by atoms with E-state index < -0.39 is 5.69 Å². The maximum Gasteiger partial charge on any atom is 0.347 e. The summed E-state index contributed by atoms with van der Waals surface area (Å²) in [6, 6.07) is 4.31. The average molecular weight is 249 g/mol. The van der Waals surface area contributed by atoms with Gasteiger partial charge in [0, 0.05) is 18.5 Å². The number of aromatic amines is 1. The third kappa shape index (κ3) is 1.95. The second-order valence-electron chi connectivity index (χ2n) is 4.15. The Balaban J connectivity index is 2.17. The summed E-state index contributed by atoms with van der Waals surface area (Å²) in [4.78, 5) is 20.0. The van der Waals surface area contributed by atoms with Crippen LogP contribution < -0.4 is 10.6 Å². The molecule has 0 spiro atoms. The van der Waals surface area contributed by atoms with E-state index in [1.165, 1.54) is 12.1 Å². The molecule has 0 saturated carbocycles. The van der Waals surface area contributed by atoms with Gasteiger partial charge in [0.05, 0.1) is 18.7 Å². The van der Waals surface area contributed by atoms with Crippen molar-refractivity contribution in [1.82, 2.24) is 9.97 Å². The minimum atomic E-state index is -0.463. The first-order valence-electron chi connectivity index (χ1n) is 5.76. The third-order valence-corrected chi connectivity index (χ3v) is 2.98. The molecule has 0 radical (unpaired) electrons. The van der Waals surface area contributed by atoms with E-state index >= 15 is 0 Å². The Hall–Kier alpha value is -1.95. The van der Waals surface area contributed by atoms with Crippen LogP contribution in [0.3, 0.4) is 0 Å². The summed E-state index contributed by atoms with van der Waals surface area (Å²) in [5.74, 6) is 0.217. The molecule has 1 aromatic carbocycles. The van der Waals surface area contributed by atoms with E-state index in [9.17, 15) is 9.18 Å². The summed E-state index contributed by atoms with van der Waals surface area (Å²) in [5, 5.41) is 0.748. The highest BCUT2D eigenvalue weighted by Crippen LogP contribution is 2.22. The van der Waals surface area contributed by atoms with Crippen molar-refractivity contribution in [2.24, 2.45) is 0 Å². The number of benzene rings is 1. The zero-order valence-electron chi connectivity index (χ0n) is 9.65. The van der Waals surface area contributed by atoms with Gasteiger partial charge in [-0.15, -0.1) is 0 Å². The minimum Gasteiger partial charge on any atom is -0.378 e. The van der Waals surface area contributed by atoms with Gasteiger partial charge in [-0.25, -0.2) is 9.18 Å². The van der Waals surface area contributed by atoms with E-state index in [4.69, 9.17) is 4.74 Å². The van der Waals surface area contributed by atoms with Gasteiger partial charge in [0.1, 0.15) is 11.6 Å². The van der Waals surface area contributed by atoms with Crippen molar-refractivity contribution in [2.45, 2.75) is 0 Å². The highest BCUT2D eigenvalue weighted by molar-refractivity contribution is 5.89. The number of hydrogen-bond acceptors (Lipinski definition) is 4. The number of rotatable bonds is 1. The molecule has 6 heteroatoms. The fraction of sp³-hybridized carbons (Fsp3) is 0.333. The van der Waals surface area contributed by atoms with Crippen LogP contribution in [0.5, 0.6) is 0 Å². The van der Waals surface area contributed by atoms with Crippen molar-refractivity contribution in [3.63, 3.8) is 0 Å². The topological polar surface area (TPSA) is 58.2 Å². The van der Waals surface area contributed by atoms with E-state index in [2.05, 4.69) is 9.97 Å². The van der Waals surface area contributed by atoms with E-state index in [-0.39, 0.29) is 5.82 Å². The lowest BCUT2D eigenvalue weighted by atomic mass is 10.2. The predicted octanol–water partition coefficient (Wildman–Crippen LogP) is 0.899. The summed E-state index contributed by atoms with van der Waals surface area (Å²) in [5.41, 5.74) is 0.00563. The Morgan fingerprint density at radius 3 is 2.89 bits per heavy atom. The van der Waals surface area contributed by atoms with Gasteiger partial charge in [0.25, 0.3) is 0 Å². The molecule has 1 fully saturated rings. The molecule has 1 N–H and O–H groups in total. The van der Waals surface area contributed by atoms with Gasteiger partial charge < -0.3 is 14.6 Å². The maximum absolute atomic E-state index is 13.2. The summed E-state index contributed by atoms with van der Waals surface area (Å²) >= 11 is 0. The molecule has 0 atom stereocenters. The van der Waals surface area contributed by atoms with Crippen LogP contribution in [0.1, 0.15) is 0 Å². The van der Waals surface area contributed by atoms with E-state index in [1.54, 1.807) is 6.07 Å². The molecule has 0 unspecified atom stereocenters. The van der Waals surface area contributed by atoms with E-state index in [0.29, 0.717) is 37.6 Å². The van der Waals surface area contributed by atoms with Crippen LogP contribution in [0.4, 0.5) is 10.2 Å². The molecule has 0 bridgehead atoms. The standard InChI is InChI=1S/C12H12FN3O2/c13-8-1-2-9-10(7-8)14-12(17)15-11(9)16-3-5-18-6-4-16/h1-2,7H,3-6H2,(H,14,15,17). The molecule has 5 nitrogen and oxygen atoms in total. The fourth-order valence-electron chi connectivity index (χ4n) is 2.13. The largest absolute Gasteiger partial charge is 0.378 e. The van der Waals surface area contributed by atoms with Crippen LogP contribution in [0.15, 0.2) is 23.0 Å². The number of morpholine rings is 1. The number of H-pyrrole nitrogens is 1. The molecule has 0 amide bonds. The Labute approximate surface area is 102 Å². The molecule has 1 aliphatic rings. The fourth-order valence-corrected chi connectivity index (χ4v) is 2.13. The highest BCUT2D eigenvalue weighted by Gasteiger charge is 2.16. The van der Waals surface area contributed by atoms with Crippen LogP contribution in [-0.2, 0) is 4.74 Å². The molecule has 0 aliphatic carbocycles. The molecule has 1 aromatic heterocycles. The van der Waals surface area contributed by atoms with Crippen LogP contribution in [-0.4, -0.2) is 36.3 Å². The number of halogens is 1. The Morgan fingerprint density at radius 2 is 2.11 bits per heavy atom. The SMILES string of the molecule is O=c1nc(N2CCOCC2)c2ccc(F)cc2[nH]1. The molecular formula is C12H12FN3O2. The molecule has 2 heterocycles. The highest BCUT2D eigenvalue weighted by atomic mass is 19.1. The van der Waals surface area contributed by atoms with Crippen LogP contribution in [0.2, 0.25) is 0 Å². The quantitative estimate of drug-likeness (QED) is 0.815. The summed E-state index contributed by atoms with van der Waals surface area (Å²) < 4.78 is 18.4. The van der Waals surface area contributed by atoms with Gasteiger partial charge in [-0.2, -0.15) is 4.98 Å². The van der Waals surface area contributed by atoms with Crippen LogP contribution >= 0.6 is 0 Å². The average Bonchev–Trinajstić information content (AvgIpc) is 2.38. The maximum atomic E-state index is 13.2. The molecular weight excluding hydrogens is 237 g/mol. The number of nitrogens with zero attached hydrogens (tertiary/aromatic N) is 2. The first-order valence-corrected chi connectivity index (χ1v) is 5.76. The van der Waals surface area contributed by atoms with Crippen molar-refractivity contribution < 1.29 is 9.13 Å². The van der Waals surface area contributed by atoms with Gasteiger partial charge in [-0.1, -0.05) is 0 Å². The molecule has 1 aliphatic heterocycles. The number of hydrogen-bond donors (Lipinski definition) is 1. The Morgan fingerprint density at radius 1 is 1.33 bits per heavy atom. The van der Waals surface area contributed by atoms with E-state index in [0.717, 1.165) is 5.39 Å². The van der Waals surface area contributed by atoms with Crippen molar-refractivity contribution in [1.29, 1.82) is 0 Å². The normalized spacial score (nSPS) is 16.2. The van der Waals surface area contributed by atoms with Crippen molar-refractivity contribution in [3.05, 3.63) is 34.5 Å². The second-order valence-corrected chi connectivity index (χ2v) is 4.15. The first-order chi connectivity index (χ1) is 8.74. The molecule has 1 saturated heterocycles. The molecule has 2 aromatic rings. The number of ether oxygens (including phenoxy) is 1. The lowest BCUT2D eigenvalue weighted by Gasteiger charge is -2.28. The third-order valence-electron chi connectivity index (χ3n) is 2.98. The van der Waals surface area contributed by atoms with Crippen molar-refractivity contribution in [2.75, 3.05) is 31.2 Å². The van der Waals surface area contributed by atoms with Crippen LogP contribution in [0, 0.1) is 5.82 Å². The Bertz CT molecular complexity index is 635. The summed E-state index contributed by atoms with van der Waals surface area (Å²) in [6.45, 7) is 2.58. The van der Waals surface area contributed by atoms with Crippen molar-refractivity contribution in [3.8, 4) is 0 Å². The molecule has 94 valence electrons. The van der Waals surface area contributed by atoms with Gasteiger partial charge in [0.2, 0.25) is 0 Å². The second kappa shape index (κ2) is 4.38. The lowest BCUT2D eigenvalue weighted by Crippen LogP contribution is -2.37. The van der Waals surface area contributed by atoms with Crippen LogP contribution in [0.25, 0.3) is 10.9 Å². The number of nitrogens with one attached hydrogen (secondary N) is 1. The predicted molar refractivity (Wildman–Crippen MR) is 65.4 cm³/mol. The van der Waals surface area contributed by atoms with Gasteiger partial charge in [-0.05, 0) is 18.2 Å². The van der Waals surface area contributed by atoms with Gasteiger partial charge in [-0.3, -0.25) is 0 Å². The van der Waals surface area contributed by atoms with E-state index in [1.807, 2.05) is 4.90 Å². The number of anilines is 1. The number of fused-ring (bicyclic) bond motifs is 1. The minimum absolute atomic E-state index is 0.378. The summed E-state index contributed by atoms with van der Waals surface area (Å²) in [6.07, 6.45) is 0. The monoisotopic (exact) mass is 249 g/mol. The molecule has 18 heavy (non-hydrogen) atoms. The lowest BCUT2D eigenvalue weighted by molar-refractivity contribution is 0.122. The Kier molecular flexibility index (Phi) is 2.71. The first kappa shape index (κ1) is 11.2. The smallest absolute Gasteiger partial charge is 0.347 e. The molecule has 3 rings (SSSR count). The van der Waals surface area contributed by atoms with Gasteiger partial charge >= 0.3 is 5.69 Å². The van der Waals surface area contributed by atoms with Crippen molar-refractivity contribution >= 4 is 16.7 Å².